The van der Waals surface area contributed by atoms with Gasteiger partial charge in [-0.2, -0.15) is 0 Å². The number of aliphatic carboxylic acids is 1. The number of nitrogens with one attached hydrogen (secondary N) is 1. The fourth-order valence-corrected chi connectivity index (χ4v) is 3.01. The summed E-state index contributed by atoms with van der Waals surface area (Å²) >= 11 is 0. The standard InChI is InChI=1S/C22H36N2O5/c1-3-4-5-6-7-8-9-10-11-12-13-29-17-18-14-19(28-2)21(23-15-18)22(27)24-16-20(25)26/h14-15H,3-13,16-17H2,1-2H3,(H,24,27)(H,25,26). The first kappa shape index (κ1) is 24.9. The second-order valence-corrected chi connectivity index (χ2v) is 7.21. The van der Waals surface area contributed by atoms with Crippen LogP contribution in [0.3, 0.4) is 0 Å². The molecule has 0 unspecified atom stereocenters. The summed E-state index contributed by atoms with van der Waals surface area (Å²) in [7, 11) is 1.44. The maximum Gasteiger partial charge on any atom is 0.322 e. The van der Waals surface area contributed by atoms with Crippen LogP contribution in [-0.4, -0.2) is 42.2 Å². The summed E-state index contributed by atoms with van der Waals surface area (Å²) < 4.78 is 10.9. The number of carbonyl (C=O) groups is 2. The first-order valence-corrected chi connectivity index (χ1v) is 10.7. The van der Waals surface area contributed by atoms with Crippen molar-refractivity contribution in [1.82, 2.24) is 10.3 Å². The number of aromatic nitrogens is 1. The van der Waals surface area contributed by atoms with Crippen molar-refractivity contribution in [3.63, 3.8) is 0 Å². The maximum absolute atomic E-state index is 12.0. The van der Waals surface area contributed by atoms with Crippen molar-refractivity contribution < 1.29 is 24.2 Å². The summed E-state index contributed by atoms with van der Waals surface area (Å²) in [5.41, 5.74) is 0.871. The number of methoxy groups -OCH3 is 1. The third-order valence-electron chi connectivity index (χ3n) is 4.66. The Morgan fingerprint density at radius 3 is 2.24 bits per heavy atom. The SMILES string of the molecule is CCCCCCCCCCCCOCc1cnc(C(=O)NCC(=O)O)c(OC)c1. The predicted octanol–water partition coefficient (Wildman–Crippen LogP) is 4.34. The average molecular weight is 409 g/mol. The zero-order chi connectivity index (χ0) is 21.3. The Labute approximate surface area is 174 Å². The lowest BCUT2D eigenvalue weighted by molar-refractivity contribution is -0.135. The lowest BCUT2D eigenvalue weighted by atomic mass is 10.1. The van der Waals surface area contributed by atoms with E-state index in [1.807, 2.05) is 0 Å². The molecule has 7 heteroatoms. The number of carboxylic acids is 1. The van der Waals surface area contributed by atoms with Crippen LogP contribution in [0.2, 0.25) is 0 Å². The molecule has 1 rings (SSSR count). The lowest BCUT2D eigenvalue weighted by Crippen LogP contribution is -2.30. The number of pyridine rings is 1. The first-order valence-electron chi connectivity index (χ1n) is 10.7. The Morgan fingerprint density at radius 1 is 1.03 bits per heavy atom. The van der Waals surface area contributed by atoms with Crippen molar-refractivity contribution in [2.45, 2.75) is 77.7 Å². The van der Waals surface area contributed by atoms with Crippen LogP contribution in [0.15, 0.2) is 12.3 Å². The minimum atomic E-state index is -1.12. The zero-order valence-electron chi connectivity index (χ0n) is 17.9. The summed E-state index contributed by atoms with van der Waals surface area (Å²) in [6.07, 6.45) is 14.4. The van der Waals surface area contributed by atoms with E-state index in [9.17, 15) is 9.59 Å². The third kappa shape index (κ3) is 11.4. The molecule has 0 aromatic carbocycles. The number of hydrogen-bond donors (Lipinski definition) is 2. The second kappa shape index (κ2) is 15.7. The number of unbranched alkanes of at least 4 members (excludes halogenated alkanes) is 9. The van der Waals surface area contributed by atoms with E-state index < -0.39 is 18.4 Å². The average Bonchev–Trinajstić information content (AvgIpc) is 2.72. The van der Waals surface area contributed by atoms with Crippen LogP contribution in [-0.2, 0) is 16.1 Å². The van der Waals surface area contributed by atoms with Crippen molar-refractivity contribution in [2.75, 3.05) is 20.3 Å². The number of carboxylic acid groups (broad SMARTS) is 1. The quantitative estimate of drug-likeness (QED) is 0.372. The van der Waals surface area contributed by atoms with Gasteiger partial charge in [0.1, 0.15) is 6.54 Å². The van der Waals surface area contributed by atoms with E-state index in [-0.39, 0.29) is 5.69 Å². The minimum Gasteiger partial charge on any atom is -0.494 e. The molecule has 1 heterocycles. The molecule has 0 saturated carbocycles. The summed E-state index contributed by atoms with van der Waals surface area (Å²) in [5, 5.41) is 10.9. The van der Waals surface area contributed by atoms with Crippen LogP contribution in [0.25, 0.3) is 0 Å². The highest BCUT2D eigenvalue weighted by atomic mass is 16.5. The molecule has 164 valence electrons. The van der Waals surface area contributed by atoms with Gasteiger partial charge in [0.2, 0.25) is 0 Å². The highest BCUT2D eigenvalue weighted by molar-refractivity contribution is 5.96. The molecular weight excluding hydrogens is 372 g/mol. The van der Waals surface area contributed by atoms with Gasteiger partial charge in [-0.05, 0) is 18.1 Å². The molecule has 0 fully saturated rings. The van der Waals surface area contributed by atoms with Crippen LogP contribution in [0.5, 0.6) is 5.75 Å². The smallest absolute Gasteiger partial charge is 0.322 e. The lowest BCUT2D eigenvalue weighted by Gasteiger charge is -2.10. The molecule has 0 radical (unpaired) electrons. The fraction of sp³-hybridized carbons (Fsp3) is 0.682. The first-order chi connectivity index (χ1) is 14.1. The molecule has 0 saturated heterocycles. The topological polar surface area (TPSA) is 97.8 Å². The van der Waals surface area contributed by atoms with Gasteiger partial charge in [0, 0.05) is 12.8 Å². The largest absolute Gasteiger partial charge is 0.494 e. The molecule has 0 spiro atoms. The van der Waals surface area contributed by atoms with Crippen LogP contribution >= 0.6 is 0 Å². The molecule has 0 aliphatic carbocycles. The number of amides is 1. The van der Waals surface area contributed by atoms with E-state index in [0.717, 1.165) is 12.0 Å². The molecule has 1 aromatic heterocycles. The number of rotatable bonds is 17. The molecule has 2 N–H and O–H groups in total. The van der Waals surface area contributed by atoms with E-state index in [1.165, 1.54) is 64.9 Å². The van der Waals surface area contributed by atoms with Crippen LogP contribution in [0.4, 0.5) is 0 Å². The predicted molar refractivity (Wildman–Crippen MR) is 112 cm³/mol. The summed E-state index contributed by atoms with van der Waals surface area (Å²) in [4.78, 5) is 26.6. The van der Waals surface area contributed by atoms with Crippen LogP contribution in [0, 0.1) is 0 Å². The van der Waals surface area contributed by atoms with Gasteiger partial charge in [-0.1, -0.05) is 64.7 Å². The van der Waals surface area contributed by atoms with Gasteiger partial charge < -0.3 is 19.9 Å². The maximum atomic E-state index is 12.0. The summed E-state index contributed by atoms with van der Waals surface area (Å²) in [6.45, 7) is 2.87. The number of ether oxygens (including phenoxy) is 2. The van der Waals surface area contributed by atoms with E-state index in [0.29, 0.717) is 19.0 Å². The molecule has 0 atom stereocenters. The van der Waals surface area contributed by atoms with Gasteiger partial charge in [0.15, 0.2) is 11.4 Å². The van der Waals surface area contributed by atoms with Gasteiger partial charge in [-0.3, -0.25) is 9.59 Å². The van der Waals surface area contributed by atoms with Crippen molar-refractivity contribution in [3.05, 3.63) is 23.5 Å². The molecule has 1 aromatic rings. The van der Waals surface area contributed by atoms with E-state index in [1.54, 1.807) is 12.3 Å². The van der Waals surface area contributed by atoms with Crippen LogP contribution < -0.4 is 10.1 Å². The Hall–Kier alpha value is -2.15. The molecule has 0 bridgehead atoms. The molecule has 29 heavy (non-hydrogen) atoms. The summed E-state index contributed by atoms with van der Waals surface area (Å²) in [5.74, 6) is -1.40. The Morgan fingerprint density at radius 2 is 1.66 bits per heavy atom. The number of carbonyl (C=O) groups excluding carboxylic acids is 1. The van der Waals surface area contributed by atoms with Gasteiger partial charge in [-0.15, -0.1) is 0 Å². The zero-order valence-corrected chi connectivity index (χ0v) is 17.9. The van der Waals surface area contributed by atoms with Gasteiger partial charge in [0.05, 0.1) is 13.7 Å². The number of nitrogens with zero attached hydrogens (tertiary/aromatic N) is 1. The monoisotopic (exact) mass is 408 g/mol. The highest BCUT2D eigenvalue weighted by Gasteiger charge is 2.15. The molecule has 7 nitrogen and oxygen atoms in total. The van der Waals surface area contributed by atoms with E-state index >= 15 is 0 Å². The molecular formula is C22H36N2O5. The van der Waals surface area contributed by atoms with Gasteiger partial charge >= 0.3 is 5.97 Å². The van der Waals surface area contributed by atoms with Crippen LogP contribution in [0.1, 0.15) is 87.2 Å². The van der Waals surface area contributed by atoms with Crippen molar-refractivity contribution in [2.24, 2.45) is 0 Å². The van der Waals surface area contributed by atoms with Gasteiger partial charge in [-0.25, -0.2) is 4.98 Å². The summed E-state index contributed by atoms with van der Waals surface area (Å²) in [6, 6.07) is 1.70. The van der Waals surface area contributed by atoms with Crippen molar-refractivity contribution in [3.8, 4) is 5.75 Å². The number of hydrogen-bond acceptors (Lipinski definition) is 5. The third-order valence-corrected chi connectivity index (χ3v) is 4.66. The molecule has 1 amide bonds. The Bertz CT molecular complexity index is 607. The van der Waals surface area contributed by atoms with Crippen molar-refractivity contribution in [1.29, 1.82) is 0 Å². The fourth-order valence-electron chi connectivity index (χ4n) is 3.01. The van der Waals surface area contributed by atoms with E-state index in [4.69, 9.17) is 14.6 Å². The minimum absolute atomic E-state index is 0.0622. The van der Waals surface area contributed by atoms with Crippen molar-refractivity contribution >= 4 is 11.9 Å². The van der Waals surface area contributed by atoms with Gasteiger partial charge in [0.25, 0.3) is 5.91 Å². The molecule has 0 aliphatic heterocycles. The Kier molecular flexibility index (Phi) is 13.5. The normalized spacial score (nSPS) is 10.7. The van der Waals surface area contributed by atoms with E-state index in [2.05, 4.69) is 17.2 Å². The Balaban J connectivity index is 2.20. The second-order valence-electron chi connectivity index (χ2n) is 7.21. The molecule has 0 aliphatic rings. The highest BCUT2D eigenvalue weighted by Crippen LogP contribution is 2.18.